The second-order valence-electron chi connectivity index (χ2n) is 3.56. The molecule has 0 aliphatic rings. The van der Waals surface area contributed by atoms with Crippen LogP contribution in [0.4, 0.5) is 0 Å². The van der Waals surface area contributed by atoms with Crippen molar-refractivity contribution in [2.75, 3.05) is 6.61 Å². The van der Waals surface area contributed by atoms with E-state index in [0.717, 1.165) is 12.8 Å². The third kappa shape index (κ3) is 3.40. The summed E-state index contributed by atoms with van der Waals surface area (Å²) >= 11 is 1.79. The van der Waals surface area contributed by atoms with Crippen molar-refractivity contribution in [3.05, 3.63) is 22.4 Å². The Morgan fingerprint density at radius 3 is 2.86 bits per heavy atom. The molecule has 0 aliphatic heterocycles. The molecule has 3 heteroatoms. The standard InChI is InChI=1S/C11H19NOS/c1-3-10(11-5-4-8-14-11)12-9(2)6-7-13/h4-5,8-10,12-13H,3,6-7H2,1-2H3. The SMILES string of the molecule is CCC(NC(C)CCO)c1cccs1. The summed E-state index contributed by atoms with van der Waals surface area (Å²) in [6.45, 7) is 4.56. The Hall–Kier alpha value is -0.380. The lowest BCUT2D eigenvalue weighted by Gasteiger charge is -2.20. The normalized spacial score (nSPS) is 15.4. The minimum absolute atomic E-state index is 0.259. The van der Waals surface area contributed by atoms with E-state index in [1.165, 1.54) is 4.88 Å². The van der Waals surface area contributed by atoms with Gasteiger partial charge in [0.25, 0.3) is 0 Å². The molecule has 0 aliphatic carbocycles. The van der Waals surface area contributed by atoms with E-state index >= 15 is 0 Å². The predicted molar refractivity (Wildman–Crippen MR) is 61.7 cm³/mol. The van der Waals surface area contributed by atoms with Crippen LogP contribution in [0.25, 0.3) is 0 Å². The van der Waals surface area contributed by atoms with Crippen LogP contribution in [0.3, 0.4) is 0 Å². The number of aliphatic hydroxyl groups is 1. The van der Waals surface area contributed by atoms with Crippen molar-refractivity contribution in [3.8, 4) is 0 Å². The van der Waals surface area contributed by atoms with Gasteiger partial charge in [-0.05, 0) is 31.2 Å². The third-order valence-electron chi connectivity index (χ3n) is 2.34. The summed E-state index contributed by atoms with van der Waals surface area (Å²) in [4.78, 5) is 1.39. The highest BCUT2D eigenvalue weighted by Crippen LogP contribution is 2.22. The molecule has 1 rings (SSSR count). The molecule has 0 saturated heterocycles. The molecule has 1 aromatic rings. The summed E-state index contributed by atoms with van der Waals surface area (Å²) in [5.74, 6) is 0. The molecule has 2 nitrogen and oxygen atoms in total. The Kier molecular flexibility index (Phi) is 5.15. The van der Waals surface area contributed by atoms with Crippen LogP contribution in [0.2, 0.25) is 0 Å². The Labute approximate surface area is 90.0 Å². The van der Waals surface area contributed by atoms with Crippen molar-refractivity contribution in [1.82, 2.24) is 5.32 Å². The van der Waals surface area contributed by atoms with Gasteiger partial charge in [-0.2, -0.15) is 0 Å². The average Bonchev–Trinajstić information content (AvgIpc) is 2.67. The first-order valence-corrected chi connectivity index (χ1v) is 6.06. The van der Waals surface area contributed by atoms with Crippen LogP contribution in [-0.4, -0.2) is 17.8 Å². The molecule has 0 amide bonds. The number of hydrogen-bond acceptors (Lipinski definition) is 3. The fourth-order valence-corrected chi connectivity index (χ4v) is 2.38. The number of nitrogens with one attached hydrogen (secondary N) is 1. The number of aliphatic hydroxyl groups excluding tert-OH is 1. The predicted octanol–water partition coefficient (Wildman–Crippen LogP) is 2.56. The lowest BCUT2D eigenvalue weighted by Crippen LogP contribution is -2.30. The molecule has 80 valence electrons. The third-order valence-corrected chi connectivity index (χ3v) is 3.33. The summed E-state index contributed by atoms with van der Waals surface area (Å²) in [6.07, 6.45) is 1.91. The van der Waals surface area contributed by atoms with Gasteiger partial charge in [0.05, 0.1) is 0 Å². The fraction of sp³-hybridized carbons (Fsp3) is 0.636. The highest BCUT2D eigenvalue weighted by Gasteiger charge is 2.12. The fourth-order valence-electron chi connectivity index (χ4n) is 1.51. The van der Waals surface area contributed by atoms with Gasteiger partial charge in [0.15, 0.2) is 0 Å². The summed E-state index contributed by atoms with van der Waals surface area (Å²) in [5, 5.41) is 14.4. The Morgan fingerprint density at radius 2 is 2.36 bits per heavy atom. The van der Waals surface area contributed by atoms with E-state index in [-0.39, 0.29) is 6.61 Å². The summed E-state index contributed by atoms with van der Waals surface area (Å²) in [5.41, 5.74) is 0. The Bertz CT molecular complexity index is 235. The number of rotatable bonds is 6. The molecule has 0 spiro atoms. The molecule has 2 N–H and O–H groups in total. The van der Waals surface area contributed by atoms with Crippen LogP contribution in [0, 0.1) is 0 Å². The molecule has 0 aromatic carbocycles. The van der Waals surface area contributed by atoms with E-state index in [4.69, 9.17) is 5.11 Å². The maximum atomic E-state index is 8.82. The van der Waals surface area contributed by atoms with Crippen LogP contribution in [0.15, 0.2) is 17.5 Å². The van der Waals surface area contributed by atoms with Crippen LogP contribution in [0.1, 0.15) is 37.6 Å². The minimum atomic E-state index is 0.259. The van der Waals surface area contributed by atoms with E-state index in [1.807, 2.05) is 0 Å². The van der Waals surface area contributed by atoms with E-state index < -0.39 is 0 Å². The first-order valence-electron chi connectivity index (χ1n) is 5.18. The van der Waals surface area contributed by atoms with E-state index in [2.05, 4.69) is 36.7 Å². The number of thiophene rings is 1. The molecule has 14 heavy (non-hydrogen) atoms. The molecule has 0 saturated carbocycles. The monoisotopic (exact) mass is 213 g/mol. The van der Waals surface area contributed by atoms with Crippen LogP contribution in [0.5, 0.6) is 0 Å². The molecular formula is C11H19NOS. The van der Waals surface area contributed by atoms with Gasteiger partial charge in [-0.15, -0.1) is 11.3 Å². The first kappa shape index (κ1) is 11.7. The Balaban J connectivity index is 2.47. The van der Waals surface area contributed by atoms with Gasteiger partial charge in [-0.1, -0.05) is 13.0 Å². The van der Waals surface area contributed by atoms with E-state index in [9.17, 15) is 0 Å². The molecule has 0 fully saturated rings. The van der Waals surface area contributed by atoms with Crippen molar-refractivity contribution in [3.63, 3.8) is 0 Å². The van der Waals surface area contributed by atoms with E-state index in [0.29, 0.717) is 12.1 Å². The van der Waals surface area contributed by atoms with Gasteiger partial charge in [-0.3, -0.25) is 0 Å². The second-order valence-corrected chi connectivity index (χ2v) is 4.54. The molecule has 0 bridgehead atoms. The largest absolute Gasteiger partial charge is 0.396 e. The van der Waals surface area contributed by atoms with Crippen LogP contribution in [-0.2, 0) is 0 Å². The van der Waals surface area contributed by atoms with Gasteiger partial charge in [0.1, 0.15) is 0 Å². The smallest absolute Gasteiger partial charge is 0.0445 e. The number of hydrogen-bond donors (Lipinski definition) is 2. The van der Waals surface area contributed by atoms with Gasteiger partial charge >= 0.3 is 0 Å². The zero-order valence-corrected chi connectivity index (χ0v) is 9.68. The molecule has 0 radical (unpaired) electrons. The van der Waals surface area contributed by atoms with Crippen LogP contribution >= 0.6 is 11.3 Å². The highest BCUT2D eigenvalue weighted by atomic mass is 32.1. The van der Waals surface area contributed by atoms with Gasteiger partial charge in [0, 0.05) is 23.6 Å². The minimum Gasteiger partial charge on any atom is -0.396 e. The topological polar surface area (TPSA) is 32.3 Å². The molecule has 2 unspecified atom stereocenters. The summed E-state index contributed by atoms with van der Waals surface area (Å²) < 4.78 is 0. The molecule has 1 heterocycles. The van der Waals surface area contributed by atoms with Crippen molar-refractivity contribution in [2.45, 2.75) is 38.8 Å². The molecule has 2 atom stereocenters. The maximum Gasteiger partial charge on any atom is 0.0445 e. The summed E-state index contributed by atoms with van der Waals surface area (Å²) in [6, 6.07) is 5.07. The average molecular weight is 213 g/mol. The zero-order chi connectivity index (χ0) is 10.4. The lowest BCUT2D eigenvalue weighted by atomic mass is 10.1. The van der Waals surface area contributed by atoms with Gasteiger partial charge in [0.2, 0.25) is 0 Å². The maximum absolute atomic E-state index is 8.82. The van der Waals surface area contributed by atoms with Crippen molar-refractivity contribution < 1.29 is 5.11 Å². The first-order chi connectivity index (χ1) is 6.77. The molecular weight excluding hydrogens is 194 g/mol. The second kappa shape index (κ2) is 6.17. The van der Waals surface area contributed by atoms with E-state index in [1.54, 1.807) is 11.3 Å². The van der Waals surface area contributed by atoms with Crippen molar-refractivity contribution in [1.29, 1.82) is 0 Å². The zero-order valence-electron chi connectivity index (χ0n) is 8.86. The van der Waals surface area contributed by atoms with Gasteiger partial charge < -0.3 is 10.4 Å². The molecule has 1 aromatic heterocycles. The highest BCUT2D eigenvalue weighted by molar-refractivity contribution is 7.10. The summed E-state index contributed by atoms with van der Waals surface area (Å²) in [7, 11) is 0. The lowest BCUT2D eigenvalue weighted by molar-refractivity contribution is 0.262. The van der Waals surface area contributed by atoms with Gasteiger partial charge in [-0.25, -0.2) is 0 Å². The Morgan fingerprint density at radius 1 is 1.57 bits per heavy atom. The van der Waals surface area contributed by atoms with Crippen LogP contribution < -0.4 is 5.32 Å². The van der Waals surface area contributed by atoms with Crippen molar-refractivity contribution >= 4 is 11.3 Å². The quantitative estimate of drug-likeness (QED) is 0.761. The van der Waals surface area contributed by atoms with Crippen molar-refractivity contribution in [2.24, 2.45) is 0 Å².